The van der Waals surface area contributed by atoms with E-state index in [0.717, 1.165) is 36.3 Å². The van der Waals surface area contributed by atoms with Crippen LogP contribution >= 0.6 is 0 Å². The Bertz CT molecular complexity index is 907. The lowest BCUT2D eigenvalue weighted by molar-refractivity contribution is -0.120. The van der Waals surface area contributed by atoms with Crippen molar-refractivity contribution in [3.05, 3.63) is 36.4 Å². The number of carbonyl (C=O) groups excluding carboxylic acids is 1. The van der Waals surface area contributed by atoms with Crippen LogP contribution in [-0.4, -0.2) is 44.1 Å². The van der Waals surface area contributed by atoms with E-state index in [0.29, 0.717) is 18.0 Å². The first-order valence-corrected chi connectivity index (χ1v) is 8.34. The number of H-pyrrole nitrogens is 1. The monoisotopic (exact) mass is 337 g/mol. The van der Waals surface area contributed by atoms with Crippen molar-refractivity contribution in [2.24, 2.45) is 5.92 Å². The highest BCUT2D eigenvalue weighted by molar-refractivity contribution is 5.92. The second kappa shape index (κ2) is 6.46. The minimum atomic E-state index is -0.104. The Hall–Kier alpha value is -3.03. The fourth-order valence-corrected chi connectivity index (χ4v) is 3.23. The summed E-state index contributed by atoms with van der Waals surface area (Å²) in [5, 5.41) is 10.7. The molecule has 1 fully saturated rings. The van der Waals surface area contributed by atoms with E-state index in [1.54, 1.807) is 6.20 Å². The molecule has 1 aliphatic heterocycles. The quantitative estimate of drug-likeness (QED) is 0.757. The molecule has 0 aromatic carbocycles. The smallest absolute Gasteiger partial charge is 0.230 e. The van der Waals surface area contributed by atoms with E-state index >= 15 is 0 Å². The average Bonchev–Trinajstić information content (AvgIpc) is 3.10. The average molecular weight is 337 g/mol. The Balaban J connectivity index is 1.51. The minimum Gasteiger partial charge on any atom is -0.355 e. The van der Waals surface area contributed by atoms with Crippen LogP contribution in [0.2, 0.25) is 0 Å². The van der Waals surface area contributed by atoms with E-state index in [9.17, 15) is 4.79 Å². The van der Waals surface area contributed by atoms with Crippen LogP contribution in [0.4, 0.5) is 11.6 Å². The number of piperidine rings is 1. The summed E-state index contributed by atoms with van der Waals surface area (Å²) in [5.41, 5.74) is 1.59. The summed E-state index contributed by atoms with van der Waals surface area (Å²) in [7, 11) is 0. The predicted octanol–water partition coefficient (Wildman–Crippen LogP) is 1.91. The molecule has 1 saturated heterocycles. The lowest BCUT2D eigenvalue weighted by Gasteiger charge is -2.32. The first-order valence-electron chi connectivity index (χ1n) is 8.34. The van der Waals surface area contributed by atoms with Gasteiger partial charge in [0.05, 0.1) is 17.5 Å². The van der Waals surface area contributed by atoms with Crippen LogP contribution < -0.4 is 10.2 Å². The van der Waals surface area contributed by atoms with Crippen molar-refractivity contribution in [2.75, 3.05) is 23.3 Å². The number of carbonyl (C=O) groups is 1. The number of hydrogen-bond donors (Lipinski definition) is 2. The zero-order valence-corrected chi connectivity index (χ0v) is 13.9. The zero-order chi connectivity index (χ0) is 17.2. The summed E-state index contributed by atoms with van der Waals surface area (Å²) < 4.78 is 0. The van der Waals surface area contributed by atoms with Gasteiger partial charge in [-0.3, -0.25) is 9.89 Å². The third kappa shape index (κ3) is 3.15. The molecule has 25 heavy (non-hydrogen) atoms. The molecule has 1 amide bonds. The number of nitrogens with zero attached hydrogens (tertiary/aromatic N) is 5. The Morgan fingerprint density at radius 1 is 1.36 bits per heavy atom. The predicted molar refractivity (Wildman–Crippen MR) is 94.2 cm³/mol. The van der Waals surface area contributed by atoms with Crippen LogP contribution in [-0.2, 0) is 4.79 Å². The maximum atomic E-state index is 12.6. The number of aryl methyl sites for hydroxylation is 1. The number of amides is 1. The molecule has 128 valence electrons. The van der Waals surface area contributed by atoms with Crippen molar-refractivity contribution < 1.29 is 4.79 Å². The van der Waals surface area contributed by atoms with Gasteiger partial charge in [0.1, 0.15) is 18.0 Å². The number of aromatic nitrogens is 5. The molecule has 1 atom stereocenters. The molecule has 3 aromatic rings. The molecule has 4 heterocycles. The highest BCUT2D eigenvalue weighted by Gasteiger charge is 2.28. The van der Waals surface area contributed by atoms with Gasteiger partial charge in [0, 0.05) is 18.8 Å². The summed E-state index contributed by atoms with van der Waals surface area (Å²) in [6.45, 7) is 3.39. The van der Waals surface area contributed by atoms with Crippen LogP contribution in [0.1, 0.15) is 18.5 Å². The zero-order valence-electron chi connectivity index (χ0n) is 13.9. The Kier molecular flexibility index (Phi) is 4.01. The Labute approximate surface area is 144 Å². The molecule has 4 rings (SSSR count). The number of anilines is 2. The standard InChI is InChI=1S/C17H19N7O/c1-11-4-2-6-14(21-11)22-17(25)12-5-3-7-24(9-12)16-13-8-20-23-15(13)18-10-19-16/h2,4,6,8,10,12H,3,5,7,9H2,1H3,(H,21,22,25)(H,18,19,20,23). The number of hydrogen-bond acceptors (Lipinski definition) is 6. The van der Waals surface area contributed by atoms with Gasteiger partial charge in [-0.1, -0.05) is 6.07 Å². The molecule has 1 unspecified atom stereocenters. The molecule has 0 aliphatic carbocycles. The molecular formula is C17H19N7O. The largest absolute Gasteiger partial charge is 0.355 e. The van der Waals surface area contributed by atoms with Gasteiger partial charge in [-0.2, -0.15) is 5.10 Å². The van der Waals surface area contributed by atoms with Crippen LogP contribution in [0.3, 0.4) is 0 Å². The lowest BCUT2D eigenvalue weighted by Crippen LogP contribution is -2.41. The molecule has 0 saturated carbocycles. The van der Waals surface area contributed by atoms with Crippen molar-refractivity contribution >= 4 is 28.6 Å². The van der Waals surface area contributed by atoms with Gasteiger partial charge in [0.15, 0.2) is 5.65 Å². The Morgan fingerprint density at radius 2 is 2.28 bits per heavy atom. The van der Waals surface area contributed by atoms with Gasteiger partial charge in [0.25, 0.3) is 0 Å². The number of nitrogens with one attached hydrogen (secondary N) is 2. The highest BCUT2D eigenvalue weighted by atomic mass is 16.2. The summed E-state index contributed by atoms with van der Waals surface area (Å²) in [6.07, 6.45) is 5.04. The molecular weight excluding hydrogens is 318 g/mol. The number of rotatable bonds is 3. The van der Waals surface area contributed by atoms with Crippen LogP contribution in [0.25, 0.3) is 11.0 Å². The first-order chi connectivity index (χ1) is 12.2. The summed E-state index contributed by atoms with van der Waals surface area (Å²) in [6, 6.07) is 5.61. The second-order valence-electron chi connectivity index (χ2n) is 6.27. The van der Waals surface area contributed by atoms with E-state index in [1.807, 2.05) is 25.1 Å². The van der Waals surface area contributed by atoms with Gasteiger partial charge in [-0.15, -0.1) is 0 Å². The van der Waals surface area contributed by atoms with E-state index in [4.69, 9.17) is 0 Å². The molecule has 1 aliphatic rings. The number of pyridine rings is 1. The molecule has 8 heteroatoms. The maximum absolute atomic E-state index is 12.6. The van der Waals surface area contributed by atoms with Gasteiger partial charge < -0.3 is 10.2 Å². The van der Waals surface area contributed by atoms with Crippen molar-refractivity contribution in [1.29, 1.82) is 0 Å². The summed E-state index contributed by atoms with van der Waals surface area (Å²) in [5.74, 6) is 1.32. The molecule has 0 spiro atoms. The number of fused-ring (bicyclic) bond motifs is 1. The van der Waals surface area contributed by atoms with E-state index in [1.165, 1.54) is 6.33 Å². The fraction of sp³-hybridized carbons (Fsp3) is 0.353. The minimum absolute atomic E-state index is 0.000272. The van der Waals surface area contributed by atoms with Crippen LogP contribution in [0.15, 0.2) is 30.7 Å². The third-order valence-corrected chi connectivity index (χ3v) is 4.46. The van der Waals surface area contributed by atoms with Crippen LogP contribution in [0.5, 0.6) is 0 Å². The van der Waals surface area contributed by atoms with Gasteiger partial charge in [0.2, 0.25) is 5.91 Å². The van der Waals surface area contributed by atoms with Crippen molar-refractivity contribution in [3.8, 4) is 0 Å². The summed E-state index contributed by atoms with van der Waals surface area (Å²) in [4.78, 5) is 27.7. The summed E-state index contributed by atoms with van der Waals surface area (Å²) >= 11 is 0. The molecule has 0 radical (unpaired) electrons. The van der Waals surface area contributed by atoms with Gasteiger partial charge in [-0.25, -0.2) is 15.0 Å². The normalized spacial score (nSPS) is 17.6. The topological polar surface area (TPSA) is 99.7 Å². The SMILES string of the molecule is Cc1cccc(NC(=O)C2CCCN(c3ncnc4[nH]ncc34)C2)n1. The van der Waals surface area contributed by atoms with E-state index in [2.05, 4.69) is 35.4 Å². The van der Waals surface area contributed by atoms with Crippen LogP contribution in [0, 0.1) is 12.8 Å². The molecule has 8 nitrogen and oxygen atoms in total. The Morgan fingerprint density at radius 3 is 3.16 bits per heavy atom. The van der Waals surface area contributed by atoms with Gasteiger partial charge in [-0.05, 0) is 31.9 Å². The van der Waals surface area contributed by atoms with Crippen molar-refractivity contribution in [1.82, 2.24) is 25.1 Å². The second-order valence-corrected chi connectivity index (χ2v) is 6.27. The molecule has 2 N–H and O–H groups in total. The maximum Gasteiger partial charge on any atom is 0.230 e. The highest BCUT2D eigenvalue weighted by Crippen LogP contribution is 2.27. The van der Waals surface area contributed by atoms with E-state index in [-0.39, 0.29) is 11.8 Å². The van der Waals surface area contributed by atoms with Gasteiger partial charge >= 0.3 is 0 Å². The molecule has 0 bridgehead atoms. The lowest BCUT2D eigenvalue weighted by atomic mass is 9.97. The number of aromatic amines is 1. The van der Waals surface area contributed by atoms with Crippen molar-refractivity contribution in [2.45, 2.75) is 19.8 Å². The van der Waals surface area contributed by atoms with E-state index < -0.39 is 0 Å². The fourth-order valence-electron chi connectivity index (χ4n) is 3.23. The molecule has 3 aromatic heterocycles. The first kappa shape index (κ1) is 15.5. The third-order valence-electron chi connectivity index (χ3n) is 4.46. The van der Waals surface area contributed by atoms with Crippen molar-refractivity contribution in [3.63, 3.8) is 0 Å².